The number of hydrogen-bond acceptors (Lipinski definition) is 2. The fraction of sp³-hybridized carbons (Fsp3) is 0.375. The van der Waals surface area contributed by atoms with Gasteiger partial charge in [-0.3, -0.25) is 4.79 Å². The molecule has 0 spiro atoms. The van der Waals surface area contributed by atoms with Gasteiger partial charge in [-0.2, -0.15) is 13.2 Å². The molecule has 1 saturated heterocycles. The Kier molecular flexibility index (Phi) is 6.93. The van der Waals surface area contributed by atoms with Crippen LogP contribution in [0.25, 0.3) is 10.9 Å². The first kappa shape index (κ1) is 23.9. The molecule has 0 saturated carbocycles. The van der Waals surface area contributed by atoms with Crippen molar-refractivity contribution in [3.8, 4) is 0 Å². The van der Waals surface area contributed by atoms with E-state index in [2.05, 4.69) is 16.8 Å². The van der Waals surface area contributed by atoms with Crippen LogP contribution in [0.5, 0.6) is 0 Å². The minimum absolute atomic E-state index is 0.0462. The van der Waals surface area contributed by atoms with E-state index in [4.69, 9.17) is 23.2 Å². The highest BCUT2D eigenvalue weighted by Crippen LogP contribution is 2.40. The van der Waals surface area contributed by atoms with Gasteiger partial charge in [0.15, 0.2) is 0 Å². The zero-order valence-corrected chi connectivity index (χ0v) is 19.6. The molecular weight excluding hydrogens is 474 g/mol. The zero-order valence-electron chi connectivity index (χ0n) is 18.1. The third-order valence-electron chi connectivity index (χ3n) is 6.30. The molecule has 2 heterocycles. The molecule has 4 nitrogen and oxygen atoms in total. The van der Waals surface area contributed by atoms with Gasteiger partial charge in [0.1, 0.15) is 0 Å². The molecule has 1 amide bonds. The predicted octanol–water partition coefficient (Wildman–Crippen LogP) is 6.18. The van der Waals surface area contributed by atoms with Crippen LogP contribution in [0, 0.1) is 0 Å². The molecule has 1 atom stereocenters. The molecule has 3 aromatic rings. The number of H-pyrrole nitrogens is 1. The Hall–Kier alpha value is -2.22. The second-order valence-electron chi connectivity index (χ2n) is 8.24. The van der Waals surface area contributed by atoms with E-state index in [0.29, 0.717) is 23.7 Å². The van der Waals surface area contributed by atoms with Crippen molar-refractivity contribution in [2.24, 2.45) is 0 Å². The van der Waals surface area contributed by atoms with Crippen LogP contribution >= 0.6 is 23.2 Å². The lowest BCUT2D eigenvalue weighted by Crippen LogP contribution is -2.48. The van der Waals surface area contributed by atoms with Crippen LogP contribution in [-0.4, -0.2) is 53.4 Å². The number of rotatable bonds is 5. The minimum Gasteiger partial charge on any atom is -0.361 e. The van der Waals surface area contributed by atoms with Gasteiger partial charge in [-0.05, 0) is 48.0 Å². The molecule has 0 radical (unpaired) electrons. The average molecular weight is 498 g/mol. The molecular formula is C24H24Cl2F3N3O. The third kappa shape index (κ3) is 5.15. The second kappa shape index (κ2) is 9.57. The molecule has 1 aliphatic heterocycles. The number of amides is 1. The Morgan fingerprint density at radius 2 is 1.82 bits per heavy atom. The fourth-order valence-electron chi connectivity index (χ4n) is 4.40. The van der Waals surface area contributed by atoms with E-state index in [1.54, 1.807) is 29.3 Å². The third-order valence-corrected chi connectivity index (χ3v) is 6.87. The number of carbonyl (C=O) groups is 1. The number of benzene rings is 2. The number of halogens is 5. The van der Waals surface area contributed by atoms with E-state index in [9.17, 15) is 18.0 Å². The summed E-state index contributed by atoms with van der Waals surface area (Å²) in [5.74, 6) is -0.678. The summed E-state index contributed by atoms with van der Waals surface area (Å²) in [5.41, 5.74) is 0.999. The Morgan fingerprint density at radius 3 is 2.48 bits per heavy atom. The number of hydrogen-bond donors (Lipinski definition) is 1. The van der Waals surface area contributed by atoms with Crippen molar-refractivity contribution >= 4 is 40.0 Å². The van der Waals surface area contributed by atoms with Crippen molar-refractivity contribution in [2.75, 3.05) is 32.7 Å². The first-order valence-corrected chi connectivity index (χ1v) is 11.6. The van der Waals surface area contributed by atoms with Gasteiger partial charge in [0.2, 0.25) is 5.91 Å². The molecule has 0 bridgehead atoms. The van der Waals surface area contributed by atoms with Crippen LogP contribution in [0.3, 0.4) is 0 Å². The highest BCUT2D eigenvalue weighted by molar-refractivity contribution is 6.31. The molecule has 1 aromatic heterocycles. The Labute approximate surface area is 200 Å². The number of carbonyl (C=O) groups excluding carboxylic acids is 1. The van der Waals surface area contributed by atoms with Crippen molar-refractivity contribution in [1.29, 1.82) is 0 Å². The minimum atomic E-state index is -4.60. The maximum atomic E-state index is 13.6. The van der Waals surface area contributed by atoms with Crippen molar-refractivity contribution in [3.05, 3.63) is 69.3 Å². The van der Waals surface area contributed by atoms with Crippen LogP contribution in [0.2, 0.25) is 10.0 Å². The van der Waals surface area contributed by atoms with Crippen LogP contribution < -0.4 is 0 Å². The highest BCUT2D eigenvalue weighted by Gasteiger charge is 2.35. The number of fused-ring (bicyclic) bond motifs is 1. The van der Waals surface area contributed by atoms with Crippen LogP contribution in [0.15, 0.2) is 42.6 Å². The molecule has 1 fully saturated rings. The van der Waals surface area contributed by atoms with E-state index < -0.39 is 17.7 Å². The lowest BCUT2D eigenvalue weighted by Gasteiger charge is -2.35. The monoisotopic (exact) mass is 497 g/mol. The molecule has 176 valence electrons. The summed E-state index contributed by atoms with van der Waals surface area (Å²) in [5, 5.41) is 0.921. The maximum Gasteiger partial charge on any atom is 0.417 e. The topological polar surface area (TPSA) is 39.3 Å². The fourth-order valence-corrected chi connectivity index (χ4v) is 4.80. The number of alkyl halides is 3. The van der Waals surface area contributed by atoms with Crippen molar-refractivity contribution in [2.45, 2.75) is 25.4 Å². The first-order chi connectivity index (χ1) is 15.7. The zero-order chi connectivity index (χ0) is 23.8. The molecule has 4 rings (SSSR count). The van der Waals surface area contributed by atoms with E-state index >= 15 is 0 Å². The number of likely N-dealkylation sites (N-methyl/N-ethyl adjacent to an activating group) is 1. The van der Waals surface area contributed by atoms with Crippen LogP contribution in [-0.2, 0) is 11.0 Å². The average Bonchev–Trinajstić information content (AvgIpc) is 3.20. The van der Waals surface area contributed by atoms with Gasteiger partial charge in [0.05, 0.1) is 10.6 Å². The largest absolute Gasteiger partial charge is 0.417 e. The number of aromatic nitrogens is 1. The standard InChI is InChI=1S/C24H24Cl2F3N3O/c1-2-31-7-9-32(10-8-31)23(33)13-17(15-3-5-21(26)20(11-15)24(27,28)29)19-14-30-22-6-4-16(25)12-18(19)22/h3-6,11-12,14,17,30H,2,7-10,13H2,1H3/t17-/m1/s1. The van der Waals surface area contributed by atoms with Gasteiger partial charge in [-0.1, -0.05) is 36.2 Å². The lowest BCUT2D eigenvalue weighted by molar-refractivity contribution is -0.137. The molecule has 2 aromatic carbocycles. The Balaban J connectivity index is 1.73. The molecule has 9 heteroatoms. The normalized spacial score (nSPS) is 16.4. The number of nitrogens with one attached hydrogen (secondary N) is 1. The molecule has 0 unspecified atom stereocenters. The molecule has 1 aliphatic rings. The second-order valence-corrected chi connectivity index (χ2v) is 9.09. The van der Waals surface area contributed by atoms with Gasteiger partial charge in [-0.15, -0.1) is 0 Å². The summed E-state index contributed by atoms with van der Waals surface area (Å²) < 4.78 is 40.7. The van der Waals surface area contributed by atoms with E-state index in [-0.39, 0.29) is 17.4 Å². The summed E-state index contributed by atoms with van der Waals surface area (Å²) >= 11 is 12.1. The van der Waals surface area contributed by atoms with Crippen LogP contribution in [0.1, 0.15) is 36.0 Å². The van der Waals surface area contributed by atoms with Crippen molar-refractivity contribution < 1.29 is 18.0 Å². The number of aromatic amines is 1. The van der Waals surface area contributed by atoms with Crippen LogP contribution in [0.4, 0.5) is 13.2 Å². The molecule has 1 N–H and O–H groups in total. The van der Waals surface area contributed by atoms with E-state index in [0.717, 1.165) is 42.2 Å². The van der Waals surface area contributed by atoms with Crippen molar-refractivity contribution in [1.82, 2.24) is 14.8 Å². The number of piperazine rings is 1. The summed E-state index contributed by atoms with van der Waals surface area (Å²) in [7, 11) is 0. The van der Waals surface area contributed by atoms with Gasteiger partial charge in [0.25, 0.3) is 0 Å². The lowest BCUT2D eigenvalue weighted by atomic mass is 9.87. The van der Waals surface area contributed by atoms with Gasteiger partial charge < -0.3 is 14.8 Å². The summed E-state index contributed by atoms with van der Waals surface area (Å²) in [6.45, 7) is 5.78. The first-order valence-electron chi connectivity index (χ1n) is 10.8. The van der Waals surface area contributed by atoms with Gasteiger partial charge >= 0.3 is 6.18 Å². The van der Waals surface area contributed by atoms with E-state index in [1.165, 1.54) is 6.07 Å². The number of nitrogens with zero attached hydrogens (tertiary/aromatic N) is 2. The summed E-state index contributed by atoms with van der Waals surface area (Å²) in [4.78, 5) is 20.5. The molecule has 33 heavy (non-hydrogen) atoms. The van der Waals surface area contributed by atoms with Gasteiger partial charge in [0, 0.05) is 60.6 Å². The van der Waals surface area contributed by atoms with Gasteiger partial charge in [-0.25, -0.2) is 0 Å². The van der Waals surface area contributed by atoms with E-state index in [1.807, 2.05) is 6.07 Å². The quantitative estimate of drug-likeness (QED) is 0.457. The Bertz CT molecular complexity index is 1150. The SMILES string of the molecule is CCN1CCN(C(=O)C[C@H](c2ccc(Cl)c(C(F)(F)F)c2)c2c[nH]c3ccc(Cl)cc23)CC1. The smallest absolute Gasteiger partial charge is 0.361 e. The molecule has 0 aliphatic carbocycles. The van der Waals surface area contributed by atoms with Crippen molar-refractivity contribution in [3.63, 3.8) is 0 Å². The highest BCUT2D eigenvalue weighted by atomic mass is 35.5. The predicted molar refractivity (Wildman–Crippen MR) is 125 cm³/mol. The summed E-state index contributed by atoms with van der Waals surface area (Å²) in [6, 6.07) is 9.18. The summed E-state index contributed by atoms with van der Waals surface area (Å²) in [6.07, 6.45) is -2.80. The Morgan fingerprint density at radius 1 is 1.09 bits per heavy atom. The maximum absolute atomic E-state index is 13.6.